The molecule has 0 radical (unpaired) electrons. The first-order chi connectivity index (χ1) is 24.4. The fraction of sp³-hybridized carbons (Fsp3) is 0.514. The van der Waals surface area contributed by atoms with E-state index in [2.05, 4.69) is 9.88 Å². The summed E-state index contributed by atoms with van der Waals surface area (Å²) in [4.78, 5) is 13.5. The Morgan fingerprint density at radius 2 is 1.98 bits per heavy atom. The molecule has 3 aliphatic carbocycles. The number of halogens is 6. The minimum Gasteiger partial charge on any atom is -0.489 e. The van der Waals surface area contributed by atoms with Gasteiger partial charge in [0.15, 0.2) is 11.6 Å². The van der Waals surface area contributed by atoms with Gasteiger partial charge >= 0.3 is 12.6 Å². The summed E-state index contributed by atoms with van der Waals surface area (Å²) in [5.74, 6) is -1.05. The first-order valence-corrected chi connectivity index (χ1v) is 18.1. The van der Waals surface area contributed by atoms with Gasteiger partial charge in [0.1, 0.15) is 47.6 Å². The number of hydrogen-bond acceptors (Lipinski definition) is 10. The molecule has 6 aliphatic rings. The Kier molecular flexibility index (Phi) is 7.41. The van der Waals surface area contributed by atoms with Crippen molar-refractivity contribution in [1.29, 1.82) is 5.26 Å². The molecule has 10 rings (SSSR count). The lowest BCUT2D eigenvalue weighted by atomic mass is 9.37. The van der Waals surface area contributed by atoms with Crippen LogP contribution in [0.3, 0.4) is 0 Å². The molecular formula is C35H32ClF5N6O3S. The average molecular weight is 747 g/mol. The summed E-state index contributed by atoms with van der Waals surface area (Å²) in [6.45, 7) is 0.371. The molecule has 0 spiro atoms. The van der Waals surface area contributed by atoms with E-state index in [1.54, 1.807) is 6.92 Å². The van der Waals surface area contributed by atoms with Crippen LogP contribution in [-0.2, 0) is 4.74 Å². The second-order valence-corrected chi connectivity index (χ2v) is 16.1. The van der Waals surface area contributed by atoms with Gasteiger partial charge in [-0.3, -0.25) is 4.90 Å². The number of benzene rings is 2. The highest BCUT2D eigenvalue weighted by Gasteiger charge is 2.73. The maximum Gasteiger partial charge on any atom is 0.345 e. The molecule has 51 heavy (non-hydrogen) atoms. The van der Waals surface area contributed by atoms with Crippen LogP contribution in [-0.4, -0.2) is 77.7 Å². The molecule has 2 aromatic heterocycles. The minimum absolute atomic E-state index is 0.00359. The summed E-state index contributed by atoms with van der Waals surface area (Å²) in [5.41, 5.74) is 4.49. The molecule has 5 heterocycles. The monoisotopic (exact) mass is 746 g/mol. The lowest BCUT2D eigenvalue weighted by molar-refractivity contribution is -0.263. The molecule has 2 saturated heterocycles. The quantitative estimate of drug-likeness (QED) is 0.182. The zero-order chi connectivity index (χ0) is 35.6. The number of nitrogens with zero attached hydrogens (tertiary/aromatic N) is 5. The number of nitrogen functional groups attached to an aromatic ring is 1. The third kappa shape index (κ3) is 4.68. The second kappa shape index (κ2) is 11.4. The molecule has 2 bridgehead atoms. The van der Waals surface area contributed by atoms with Crippen LogP contribution in [0.25, 0.3) is 32.1 Å². The van der Waals surface area contributed by atoms with Gasteiger partial charge < -0.3 is 24.8 Å². The summed E-state index contributed by atoms with van der Waals surface area (Å²) in [6, 6.07) is 4.41. The molecule has 268 valence electrons. The van der Waals surface area contributed by atoms with Crippen LogP contribution in [0.4, 0.5) is 32.8 Å². The first kappa shape index (κ1) is 33.1. The van der Waals surface area contributed by atoms with Crippen molar-refractivity contribution in [2.75, 3.05) is 43.5 Å². The SMILES string of the molecule is CC(OC(F)F)C12CC(N3CCOc4c(Cl)c(-c5ccc(F)c6sc(N)c(C#N)c56)c(F)c5nc(OC[C@@]67CCCN6C[C@H](F)C7)nc3c45)(C1)C2. The summed E-state index contributed by atoms with van der Waals surface area (Å²) >= 11 is 7.92. The second-order valence-electron chi connectivity index (χ2n) is 14.7. The van der Waals surface area contributed by atoms with E-state index in [4.69, 9.17) is 36.5 Å². The van der Waals surface area contributed by atoms with Gasteiger partial charge in [-0.1, -0.05) is 17.7 Å². The third-order valence-corrected chi connectivity index (χ3v) is 13.4. The van der Waals surface area contributed by atoms with E-state index in [0.29, 0.717) is 44.6 Å². The van der Waals surface area contributed by atoms with Crippen molar-refractivity contribution in [2.45, 2.75) is 75.4 Å². The Bertz CT molecular complexity index is 2160. The largest absolute Gasteiger partial charge is 0.489 e. The third-order valence-electron chi connectivity index (χ3n) is 12.0. The zero-order valence-electron chi connectivity index (χ0n) is 27.4. The Hall–Kier alpha value is -3.71. The lowest BCUT2D eigenvalue weighted by Crippen LogP contribution is -2.78. The van der Waals surface area contributed by atoms with Crippen LogP contribution in [0.15, 0.2) is 12.1 Å². The molecule has 3 saturated carbocycles. The van der Waals surface area contributed by atoms with Crippen molar-refractivity contribution in [3.63, 3.8) is 0 Å². The molecule has 3 atom stereocenters. The molecule has 16 heteroatoms. The van der Waals surface area contributed by atoms with Crippen LogP contribution in [0.2, 0.25) is 5.02 Å². The molecule has 1 unspecified atom stereocenters. The summed E-state index contributed by atoms with van der Waals surface area (Å²) < 4.78 is 90.7. The fourth-order valence-corrected chi connectivity index (χ4v) is 10.9. The molecule has 3 aliphatic heterocycles. The van der Waals surface area contributed by atoms with Gasteiger partial charge in [0.25, 0.3) is 0 Å². The molecule has 2 N–H and O–H groups in total. The number of alkyl halides is 3. The van der Waals surface area contributed by atoms with Crippen molar-refractivity contribution >= 4 is 54.7 Å². The van der Waals surface area contributed by atoms with Gasteiger partial charge in [-0.25, -0.2) is 13.2 Å². The summed E-state index contributed by atoms with van der Waals surface area (Å²) in [6.07, 6.45) is 1.96. The predicted molar refractivity (Wildman–Crippen MR) is 181 cm³/mol. The standard InChI is InChI=1S/C35H32ClF5N6O3S/c1-16(50-31(40)41)33-12-35(13-33,14-33)47-7-8-48-27-23-26(44-32(45-30(23)47)49-15-34-5-2-6-46(34)11-17(37)9-34)25(39)22(24(27)36)18-3-4-20(38)28-21(18)19(10-42)29(43)51-28/h3-4,16-17,31H,2,5-9,11-15,43H2,1H3/t16?,17-,33?,34+,35?/m1/s1. The molecule has 5 fully saturated rings. The van der Waals surface area contributed by atoms with Gasteiger partial charge in [-0.15, -0.1) is 11.3 Å². The van der Waals surface area contributed by atoms with E-state index >= 15 is 8.78 Å². The number of ether oxygens (including phenoxy) is 3. The van der Waals surface area contributed by atoms with Gasteiger partial charge in [0.05, 0.1) is 38.9 Å². The van der Waals surface area contributed by atoms with Crippen LogP contribution in [0, 0.1) is 28.4 Å². The highest BCUT2D eigenvalue weighted by Crippen LogP contribution is 2.72. The van der Waals surface area contributed by atoms with Crippen molar-refractivity contribution < 1.29 is 36.2 Å². The number of fused-ring (bicyclic) bond motifs is 2. The van der Waals surface area contributed by atoms with Gasteiger partial charge in [-0.2, -0.15) is 24.0 Å². The van der Waals surface area contributed by atoms with Crippen LogP contribution in [0.5, 0.6) is 11.8 Å². The fourth-order valence-electron chi connectivity index (χ4n) is 9.66. The zero-order valence-corrected chi connectivity index (χ0v) is 29.0. The van der Waals surface area contributed by atoms with E-state index in [0.717, 1.165) is 30.7 Å². The number of nitriles is 1. The summed E-state index contributed by atoms with van der Waals surface area (Å²) in [7, 11) is 0. The number of nitrogens with two attached hydrogens (primary N) is 1. The van der Waals surface area contributed by atoms with E-state index in [1.165, 1.54) is 12.1 Å². The normalized spacial score (nSPS) is 28.7. The molecule has 2 aromatic carbocycles. The number of aromatic nitrogens is 2. The smallest absolute Gasteiger partial charge is 0.345 e. The Morgan fingerprint density at radius 3 is 2.73 bits per heavy atom. The number of rotatable bonds is 8. The Morgan fingerprint density at radius 1 is 1.20 bits per heavy atom. The van der Waals surface area contributed by atoms with Crippen molar-refractivity contribution in [2.24, 2.45) is 5.41 Å². The molecular weight excluding hydrogens is 715 g/mol. The van der Waals surface area contributed by atoms with Crippen molar-refractivity contribution in [1.82, 2.24) is 14.9 Å². The van der Waals surface area contributed by atoms with E-state index in [1.807, 2.05) is 11.0 Å². The maximum atomic E-state index is 17.3. The minimum atomic E-state index is -2.89. The lowest BCUT2D eigenvalue weighted by Gasteiger charge is -2.75. The average Bonchev–Trinajstić information content (AvgIpc) is 3.64. The van der Waals surface area contributed by atoms with Crippen molar-refractivity contribution in [3.8, 4) is 29.0 Å². The van der Waals surface area contributed by atoms with E-state index in [-0.39, 0.29) is 72.7 Å². The molecule has 9 nitrogen and oxygen atoms in total. The maximum absolute atomic E-state index is 17.3. The highest BCUT2D eigenvalue weighted by molar-refractivity contribution is 7.23. The topological polar surface area (TPSA) is 110 Å². The van der Waals surface area contributed by atoms with Gasteiger partial charge in [0, 0.05) is 34.9 Å². The Labute approximate surface area is 298 Å². The van der Waals surface area contributed by atoms with Crippen LogP contribution >= 0.6 is 22.9 Å². The number of anilines is 2. The van der Waals surface area contributed by atoms with Crippen molar-refractivity contribution in [3.05, 3.63) is 34.4 Å². The van der Waals surface area contributed by atoms with E-state index < -0.39 is 47.0 Å². The highest BCUT2D eigenvalue weighted by atomic mass is 35.5. The summed E-state index contributed by atoms with van der Waals surface area (Å²) in [5, 5.41) is 10.2. The molecule has 0 amide bonds. The predicted octanol–water partition coefficient (Wildman–Crippen LogP) is 7.60. The number of thiophene rings is 1. The van der Waals surface area contributed by atoms with Crippen LogP contribution < -0.4 is 20.1 Å². The molecule has 4 aromatic rings. The van der Waals surface area contributed by atoms with E-state index in [9.17, 15) is 18.4 Å². The van der Waals surface area contributed by atoms with Gasteiger partial charge in [-0.05, 0) is 57.2 Å². The Balaban J connectivity index is 1.21. The first-order valence-electron chi connectivity index (χ1n) is 16.9. The van der Waals surface area contributed by atoms with Gasteiger partial charge in [0.2, 0.25) is 0 Å². The number of hydrogen-bond donors (Lipinski definition) is 1. The van der Waals surface area contributed by atoms with Crippen LogP contribution in [0.1, 0.15) is 51.0 Å².